The molecule has 1 saturated carbocycles. The van der Waals surface area contributed by atoms with Gasteiger partial charge in [-0.3, -0.25) is 9.59 Å². The van der Waals surface area contributed by atoms with Gasteiger partial charge >= 0.3 is 0 Å². The standard InChI is InChI=1S/C22H25FN2O2/c23-20-11-5-4-10-17(20)12-14-25-22(27)19-15-18(19)21(26)24-13-6-9-16-7-2-1-3-8-16/h1-5,7-8,10-11,18-19H,6,9,12-15H2,(H,24,26)(H,25,27). The van der Waals surface area contributed by atoms with Crippen molar-refractivity contribution in [2.45, 2.75) is 25.7 Å². The molecule has 2 N–H and O–H groups in total. The lowest BCUT2D eigenvalue weighted by Gasteiger charge is -2.07. The normalized spacial score (nSPS) is 18.0. The molecule has 0 aliphatic heterocycles. The van der Waals surface area contributed by atoms with Crippen LogP contribution in [0, 0.1) is 17.7 Å². The van der Waals surface area contributed by atoms with Crippen LogP contribution in [0.25, 0.3) is 0 Å². The quantitative estimate of drug-likeness (QED) is 0.669. The lowest BCUT2D eigenvalue weighted by atomic mass is 10.1. The zero-order valence-electron chi connectivity index (χ0n) is 15.3. The molecule has 0 bridgehead atoms. The first-order valence-electron chi connectivity index (χ1n) is 9.48. The fourth-order valence-corrected chi connectivity index (χ4v) is 3.21. The summed E-state index contributed by atoms with van der Waals surface area (Å²) < 4.78 is 13.5. The molecular weight excluding hydrogens is 343 g/mol. The van der Waals surface area contributed by atoms with Gasteiger partial charge in [0, 0.05) is 13.1 Å². The second-order valence-corrected chi connectivity index (χ2v) is 6.96. The highest BCUT2D eigenvalue weighted by atomic mass is 19.1. The molecule has 2 amide bonds. The molecular formula is C22H25FN2O2. The predicted octanol–water partition coefficient (Wildman–Crippen LogP) is 2.87. The Morgan fingerprint density at radius 3 is 2.19 bits per heavy atom. The number of nitrogens with one attached hydrogen (secondary N) is 2. The molecule has 2 unspecified atom stereocenters. The summed E-state index contributed by atoms with van der Waals surface area (Å²) in [6.07, 6.45) is 2.84. The predicted molar refractivity (Wildman–Crippen MR) is 102 cm³/mol. The van der Waals surface area contributed by atoms with Crippen molar-refractivity contribution < 1.29 is 14.0 Å². The Morgan fingerprint density at radius 2 is 1.48 bits per heavy atom. The van der Waals surface area contributed by atoms with Crippen molar-refractivity contribution in [2.75, 3.05) is 13.1 Å². The molecule has 3 rings (SSSR count). The van der Waals surface area contributed by atoms with E-state index in [0.29, 0.717) is 31.5 Å². The lowest BCUT2D eigenvalue weighted by molar-refractivity contribution is -0.127. The molecule has 2 atom stereocenters. The van der Waals surface area contributed by atoms with Crippen LogP contribution in [0.5, 0.6) is 0 Å². The van der Waals surface area contributed by atoms with E-state index in [1.54, 1.807) is 18.2 Å². The summed E-state index contributed by atoms with van der Waals surface area (Å²) in [5.41, 5.74) is 1.84. The van der Waals surface area contributed by atoms with E-state index in [9.17, 15) is 14.0 Å². The minimum Gasteiger partial charge on any atom is -0.356 e. The van der Waals surface area contributed by atoms with Crippen LogP contribution in [-0.2, 0) is 22.4 Å². The Balaban J connectivity index is 1.30. The number of halogens is 1. The van der Waals surface area contributed by atoms with Crippen molar-refractivity contribution in [1.82, 2.24) is 10.6 Å². The number of hydrogen-bond donors (Lipinski definition) is 2. The summed E-state index contributed by atoms with van der Waals surface area (Å²) >= 11 is 0. The molecule has 5 heteroatoms. The average Bonchev–Trinajstić information content (AvgIpc) is 3.48. The zero-order chi connectivity index (χ0) is 19.1. The smallest absolute Gasteiger partial charge is 0.223 e. The minimum absolute atomic E-state index is 0.0442. The van der Waals surface area contributed by atoms with Crippen molar-refractivity contribution in [3.63, 3.8) is 0 Å². The maximum absolute atomic E-state index is 13.5. The number of carbonyl (C=O) groups is 2. The lowest BCUT2D eigenvalue weighted by Crippen LogP contribution is -2.31. The van der Waals surface area contributed by atoms with E-state index in [1.165, 1.54) is 11.6 Å². The summed E-state index contributed by atoms with van der Waals surface area (Å²) in [7, 11) is 0. The maximum atomic E-state index is 13.5. The molecule has 0 radical (unpaired) electrons. The van der Waals surface area contributed by atoms with Gasteiger partial charge in [-0.25, -0.2) is 4.39 Å². The van der Waals surface area contributed by atoms with Crippen LogP contribution in [0.2, 0.25) is 0 Å². The van der Waals surface area contributed by atoms with Gasteiger partial charge in [-0.1, -0.05) is 48.5 Å². The molecule has 1 aliphatic carbocycles. The van der Waals surface area contributed by atoms with E-state index in [0.717, 1.165) is 12.8 Å². The van der Waals surface area contributed by atoms with Crippen molar-refractivity contribution >= 4 is 11.8 Å². The molecule has 4 nitrogen and oxygen atoms in total. The summed E-state index contributed by atoms with van der Waals surface area (Å²) in [5, 5.41) is 5.73. The second kappa shape index (κ2) is 9.31. The molecule has 0 heterocycles. The Kier molecular flexibility index (Phi) is 6.58. The van der Waals surface area contributed by atoms with Gasteiger partial charge in [-0.2, -0.15) is 0 Å². The van der Waals surface area contributed by atoms with Crippen molar-refractivity contribution in [2.24, 2.45) is 11.8 Å². The third kappa shape index (κ3) is 5.64. The number of aryl methyl sites for hydroxylation is 1. The van der Waals surface area contributed by atoms with Crippen molar-refractivity contribution in [1.29, 1.82) is 0 Å². The highest BCUT2D eigenvalue weighted by Crippen LogP contribution is 2.38. The third-order valence-corrected chi connectivity index (χ3v) is 4.90. The first-order valence-corrected chi connectivity index (χ1v) is 9.48. The van der Waals surface area contributed by atoms with Gasteiger partial charge in [0.2, 0.25) is 11.8 Å². The van der Waals surface area contributed by atoms with E-state index < -0.39 is 0 Å². The minimum atomic E-state index is -0.258. The molecule has 0 spiro atoms. The van der Waals surface area contributed by atoms with Crippen LogP contribution in [0.3, 0.4) is 0 Å². The summed E-state index contributed by atoms with van der Waals surface area (Å²) in [5.74, 6) is -0.894. The summed E-state index contributed by atoms with van der Waals surface area (Å²) in [4.78, 5) is 24.3. The Bertz CT molecular complexity index is 779. The second-order valence-electron chi connectivity index (χ2n) is 6.96. The summed E-state index contributed by atoms with van der Waals surface area (Å²) in [6.45, 7) is 0.994. The number of amides is 2. The first kappa shape index (κ1) is 19.1. The highest BCUT2D eigenvalue weighted by Gasteiger charge is 2.47. The molecule has 0 saturated heterocycles. The largest absolute Gasteiger partial charge is 0.356 e. The van der Waals surface area contributed by atoms with Gasteiger partial charge in [0.05, 0.1) is 11.8 Å². The number of carbonyl (C=O) groups excluding carboxylic acids is 2. The van der Waals surface area contributed by atoms with Crippen LogP contribution in [0.1, 0.15) is 24.0 Å². The summed E-state index contributed by atoms with van der Waals surface area (Å²) in [6, 6.07) is 16.7. The SMILES string of the molecule is O=C(NCCCc1ccccc1)C1CC1C(=O)NCCc1ccccc1F. The van der Waals surface area contributed by atoms with Crippen molar-refractivity contribution in [3.05, 3.63) is 71.5 Å². The van der Waals surface area contributed by atoms with Crippen LogP contribution < -0.4 is 10.6 Å². The highest BCUT2D eigenvalue weighted by molar-refractivity contribution is 5.92. The van der Waals surface area contributed by atoms with E-state index in [-0.39, 0.29) is 29.5 Å². The van der Waals surface area contributed by atoms with Gasteiger partial charge in [0.25, 0.3) is 0 Å². The molecule has 1 fully saturated rings. The van der Waals surface area contributed by atoms with Gasteiger partial charge in [0.1, 0.15) is 5.82 Å². The molecule has 2 aromatic carbocycles. The third-order valence-electron chi connectivity index (χ3n) is 4.90. The van der Waals surface area contributed by atoms with E-state index >= 15 is 0 Å². The monoisotopic (exact) mass is 368 g/mol. The Labute approximate surface area is 159 Å². The van der Waals surface area contributed by atoms with Gasteiger partial charge in [0.15, 0.2) is 0 Å². The molecule has 142 valence electrons. The van der Waals surface area contributed by atoms with Crippen LogP contribution in [-0.4, -0.2) is 24.9 Å². The van der Waals surface area contributed by atoms with E-state index in [4.69, 9.17) is 0 Å². The average molecular weight is 368 g/mol. The van der Waals surface area contributed by atoms with Crippen LogP contribution in [0.15, 0.2) is 54.6 Å². The fraction of sp³-hybridized carbons (Fsp3) is 0.364. The van der Waals surface area contributed by atoms with Crippen molar-refractivity contribution in [3.8, 4) is 0 Å². The topological polar surface area (TPSA) is 58.2 Å². The van der Waals surface area contributed by atoms with Crippen LogP contribution >= 0.6 is 0 Å². The van der Waals surface area contributed by atoms with Gasteiger partial charge in [-0.05, 0) is 42.9 Å². The zero-order valence-corrected chi connectivity index (χ0v) is 15.3. The molecule has 27 heavy (non-hydrogen) atoms. The Hall–Kier alpha value is -2.69. The number of rotatable bonds is 9. The fourth-order valence-electron chi connectivity index (χ4n) is 3.21. The van der Waals surface area contributed by atoms with Gasteiger partial charge < -0.3 is 10.6 Å². The maximum Gasteiger partial charge on any atom is 0.223 e. The van der Waals surface area contributed by atoms with Crippen LogP contribution in [0.4, 0.5) is 4.39 Å². The van der Waals surface area contributed by atoms with E-state index in [2.05, 4.69) is 22.8 Å². The number of benzene rings is 2. The molecule has 1 aliphatic rings. The van der Waals surface area contributed by atoms with Gasteiger partial charge in [-0.15, -0.1) is 0 Å². The Morgan fingerprint density at radius 1 is 0.852 bits per heavy atom. The molecule has 0 aromatic heterocycles. The van der Waals surface area contributed by atoms with E-state index in [1.807, 2.05) is 18.2 Å². The molecule has 2 aromatic rings. The first-order chi connectivity index (χ1) is 13.1. The number of hydrogen-bond acceptors (Lipinski definition) is 2.